The van der Waals surface area contributed by atoms with E-state index in [0.29, 0.717) is 18.4 Å². The fourth-order valence-electron chi connectivity index (χ4n) is 2.53. The largest absolute Gasteiger partial charge is 0.433 e. The standard InChI is InChI=1S/C17H16F6N2O2/c1-9(8-26)6-24-7-13(27)11-5-14(17(21,22)23)25-15-10(11)3-2-4-12(15)16(18,19)20/h2-5,8-9,13,24,27H,6-7H2,1H3. The number of aldehydes is 1. The number of aliphatic hydroxyl groups excluding tert-OH is 1. The van der Waals surface area contributed by atoms with Crippen LogP contribution in [0.15, 0.2) is 24.3 Å². The van der Waals surface area contributed by atoms with Gasteiger partial charge in [0.1, 0.15) is 12.0 Å². The van der Waals surface area contributed by atoms with Gasteiger partial charge < -0.3 is 15.2 Å². The highest BCUT2D eigenvalue weighted by molar-refractivity contribution is 5.86. The molecule has 4 nitrogen and oxygen atoms in total. The lowest BCUT2D eigenvalue weighted by Crippen LogP contribution is -2.27. The van der Waals surface area contributed by atoms with Crippen molar-refractivity contribution in [2.45, 2.75) is 25.4 Å². The molecule has 1 aromatic heterocycles. The van der Waals surface area contributed by atoms with Crippen molar-refractivity contribution in [3.63, 3.8) is 0 Å². The van der Waals surface area contributed by atoms with Gasteiger partial charge in [-0.3, -0.25) is 0 Å². The SMILES string of the molecule is CC(C=O)CNCC(O)c1cc(C(F)(F)F)nc2c(C(F)(F)F)cccc12. The minimum absolute atomic E-state index is 0.156. The van der Waals surface area contributed by atoms with Crippen molar-refractivity contribution in [1.29, 1.82) is 0 Å². The Kier molecular flexibility index (Phi) is 6.10. The van der Waals surface area contributed by atoms with E-state index in [2.05, 4.69) is 10.3 Å². The van der Waals surface area contributed by atoms with E-state index in [-0.39, 0.29) is 24.0 Å². The number of para-hydroxylation sites is 1. The molecular formula is C17H16F6N2O2. The Morgan fingerprint density at radius 3 is 2.37 bits per heavy atom. The summed E-state index contributed by atoms with van der Waals surface area (Å²) in [5, 5.41) is 12.7. The molecule has 148 valence electrons. The summed E-state index contributed by atoms with van der Waals surface area (Å²) in [5.74, 6) is -0.394. The van der Waals surface area contributed by atoms with Crippen molar-refractivity contribution in [3.8, 4) is 0 Å². The van der Waals surface area contributed by atoms with Crippen LogP contribution in [0.1, 0.15) is 29.8 Å². The van der Waals surface area contributed by atoms with Crippen molar-refractivity contribution in [1.82, 2.24) is 10.3 Å². The molecule has 2 aromatic rings. The van der Waals surface area contributed by atoms with Gasteiger partial charge in [-0.1, -0.05) is 19.1 Å². The predicted molar refractivity (Wildman–Crippen MR) is 84.8 cm³/mol. The molecule has 0 aliphatic carbocycles. The lowest BCUT2D eigenvalue weighted by molar-refractivity contribution is -0.142. The third-order valence-corrected chi connectivity index (χ3v) is 3.86. The van der Waals surface area contributed by atoms with Crippen molar-refractivity contribution in [3.05, 3.63) is 41.1 Å². The van der Waals surface area contributed by atoms with Gasteiger partial charge in [-0.15, -0.1) is 0 Å². The summed E-state index contributed by atoms with van der Waals surface area (Å²) in [4.78, 5) is 13.7. The number of hydrogen-bond acceptors (Lipinski definition) is 4. The van der Waals surface area contributed by atoms with Gasteiger partial charge in [0.05, 0.1) is 17.2 Å². The summed E-state index contributed by atoms with van der Waals surface area (Å²) in [6.45, 7) is 1.50. The molecule has 27 heavy (non-hydrogen) atoms. The van der Waals surface area contributed by atoms with Gasteiger partial charge in [0.25, 0.3) is 0 Å². The highest BCUT2D eigenvalue weighted by Crippen LogP contribution is 2.38. The van der Waals surface area contributed by atoms with Gasteiger partial charge in [0.15, 0.2) is 0 Å². The van der Waals surface area contributed by atoms with Crippen molar-refractivity contribution in [2.75, 3.05) is 13.1 Å². The van der Waals surface area contributed by atoms with Gasteiger partial charge in [-0.2, -0.15) is 26.3 Å². The van der Waals surface area contributed by atoms with E-state index in [1.54, 1.807) is 6.92 Å². The van der Waals surface area contributed by atoms with Crippen LogP contribution in [0, 0.1) is 5.92 Å². The van der Waals surface area contributed by atoms with Crippen LogP contribution in [0.4, 0.5) is 26.3 Å². The maximum atomic E-state index is 13.2. The quantitative estimate of drug-likeness (QED) is 0.579. The van der Waals surface area contributed by atoms with E-state index in [1.807, 2.05) is 0 Å². The van der Waals surface area contributed by atoms with E-state index in [1.165, 1.54) is 6.07 Å². The molecular weight excluding hydrogens is 378 g/mol. The molecule has 1 heterocycles. The summed E-state index contributed by atoms with van der Waals surface area (Å²) >= 11 is 0. The Morgan fingerprint density at radius 1 is 1.15 bits per heavy atom. The molecule has 2 N–H and O–H groups in total. The van der Waals surface area contributed by atoms with Crippen LogP contribution in [0.3, 0.4) is 0 Å². The van der Waals surface area contributed by atoms with E-state index >= 15 is 0 Å². The second-order valence-corrected chi connectivity index (χ2v) is 6.08. The number of alkyl halides is 6. The third-order valence-electron chi connectivity index (χ3n) is 3.86. The maximum absolute atomic E-state index is 13.2. The van der Waals surface area contributed by atoms with Crippen molar-refractivity contribution >= 4 is 17.2 Å². The Morgan fingerprint density at radius 2 is 1.81 bits per heavy atom. The lowest BCUT2D eigenvalue weighted by atomic mass is 9.99. The molecule has 2 rings (SSSR count). The zero-order valence-corrected chi connectivity index (χ0v) is 14.0. The van der Waals surface area contributed by atoms with Gasteiger partial charge in [-0.05, 0) is 17.7 Å². The summed E-state index contributed by atoms with van der Waals surface area (Å²) in [6.07, 6.45) is -10.8. The molecule has 0 amide bonds. The first-order chi connectivity index (χ1) is 12.4. The molecule has 0 radical (unpaired) electrons. The summed E-state index contributed by atoms with van der Waals surface area (Å²) in [6, 6.07) is 3.39. The number of benzene rings is 1. The monoisotopic (exact) mass is 394 g/mol. The molecule has 0 fully saturated rings. The zero-order valence-electron chi connectivity index (χ0n) is 14.0. The first-order valence-corrected chi connectivity index (χ1v) is 7.87. The first kappa shape index (κ1) is 21.1. The van der Waals surface area contributed by atoms with E-state index in [0.717, 1.165) is 6.07 Å². The number of fused-ring (bicyclic) bond motifs is 1. The van der Waals surface area contributed by atoms with Gasteiger partial charge >= 0.3 is 12.4 Å². The molecule has 10 heteroatoms. The van der Waals surface area contributed by atoms with Crippen LogP contribution in [-0.4, -0.2) is 29.5 Å². The topological polar surface area (TPSA) is 62.2 Å². The van der Waals surface area contributed by atoms with Crippen LogP contribution < -0.4 is 5.32 Å². The van der Waals surface area contributed by atoms with Crippen LogP contribution in [-0.2, 0) is 17.1 Å². The molecule has 0 saturated heterocycles. The van der Waals surface area contributed by atoms with Crippen LogP contribution >= 0.6 is 0 Å². The molecule has 0 saturated carbocycles. The van der Waals surface area contributed by atoms with Gasteiger partial charge in [-0.25, -0.2) is 4.98 Å². The van der Waals surface area contributed by atoms with Crippen LogP contribution in [0.5, 0.6) is 0 Å². The fourth-order valence-corrected chi connectivity index (χ4v) is 2.53. The predicted octanol–water partition coefficient (Wildman–Crippen LogP) is 3.73. The van der Waals surface area contributed by atoms with Crippen molar-refractivity contribution in [2.24, 2.45) is 5.92 Å². The van der Waals surface area contributed by atoms with E-state index in [9.17, 15) is 36.2 Å². The number of carbonyl (C=O) groups excluding carboxylic acids is 1. The first-order valence-electron chi connectivity index (χ1n) is 7.87. The highest BCUT2D eigenvalue weighted by atomic mass is 19.4. The smallest absolute Gasteiger partial charge is 0.387 e. The Hall–Kier alpha value is -2.20. The van der Waals surface area contributed by atoms with Crippen LogP contribution in [0.2, 0.25) is 0 Å². The van der Waals surface area contributed by atoms with E-state index < -0.39 is 41.1 Å². The number of rotatable bonds is 6. The normalized spacial score (nSPS) is 15.0. The number of nitrogens with zero attached hydrogens (tertiary/aromatic N) is 1. The third kappa shape index (κ3) is 4.95. The molecule has 0 bridgehead atoms. The summed E-state index contributed by atoms with van der Waals surface area (Å²) in [5.41, 5.74) is -4.05. The van der Waals surface area contributed by atoms with E-state index in [4.69, 9.17) is 0 Å². The molecule has 1 aromatic carbocycles. The van der Waals surface area contributed by atoms with Crippen molar-refractivity contribution < 1.29 is 36.2 Å². The number of pyridine rings is 1. The average Bonchev–Trinajstić information content (AvgIpc) is 2.58. The number of halogens is 6. The maximum Gasteiger partial charge on any atom is 0.433 e. The number of hydrogen-bond donors (Lipinski definition) is 2. The average molecular weight is 394 g/mol. The van der Waals surface area contributed by atoms with Gasteiger partial charge in [0, 0.05) is 24.4 Å². The number of aliphatic hydroxyl groups is 1. The molecule has 0 aliphatic rings. The Labute approximate surface area is 150 Å². The van der Waals surface area contributed by atoms with Gasteiger partial charge in [0.2, 0.25) is 0 Å². The molecule has 2 unspecified atom stereocenters. The molecule has 0 aliphatic heterocycles. The number of aromatic nitrogens is 1. The fraction of sp³-hybridized carbons (Fsp3) is 0.412. The highest BCUT2D eigenvalue weighted by Gasteiger charge is 2.37. The van der Waals surface area contributed by atoms with Crippen LogP contribution in [0.25, 0.3) is 10.9 Å². The lowest BCUT2D eigenvalue weighted by Gasteiger charge is -2.19. The summed E-state index contributed by atoms with van der Waals surface area (Å²) in [7, 11) is 0. The molecule has 2 atom stereocenters. The molecule has 0 spiro atoms. The Balaban J connectivity index is 2.55. The second-order valence-electron chi connectivity index (χ2n) is 6.08. The zero-order chi connectivity index (χ0) is 20.4. The number of carbonyl (C=O) groups is 1. The summed E-state index contributed by atoms with van der Waals surface area (Å²) < 4.78 is 78.9. The number of nitrogens with one attached hydrogen (secondary N) is 1. The minimum Gasteiger partial charge on any atom is -0.387 e. The Bertz CT molecular complexity index is 819. The second kappa shape index (κ2) is 7.81. The minimum atomic E-state index is -4.99.